The Morgan fingerprint density at radius 1 is 0.895 bits per heavy atom. The zero-order valence-corrected chi connectivity index (χ0v) is 10.6. The van der Waals surface area contributed by atoms with Crippen molar-refractivity contribution in [2.24, 2.45) is 0 Å². The highest BCUT2D eigenvalue weighted by molar-refractivity contribution is 6.32. The Morgan fingerprint density at radius 3 is 2.16 bits per heavy atom. The molecule has 3 aromatic rings. The van der Waals surface area contributed by atoms with Crippen LogP contribution in [0.15, 0.2) is 48.5 Å². The molecular weight excluding hydrogens is 258 g/mol. The van der Waals surface area contributed by atoms with Gasteiger partial charge in [-0.25, -0.2) is 14.8 Å². The van der Waals surface area contributed by atoms with Gasteiger partial charge in [-0.3, -0.25) is 0 Å². The Morgan fingerprint density at radius 2 is 1.53 bits per heavy atom. The van der Waals surface area contributed by atoms with E-state index in [1.54, 1.807) is 12.1 Å². The molecule has 0 fully saturated rings. The molecule has 1 aromatic heterocycles. The number of nitrogens with zero attached hydrogens (tertiary/aromatic N) is 3. The van der Waals surface area contributed by atoms with Crippen LogP contribution in [0.3, 0.4) is 0 Å². The molecule has 0 aliphatic rings. The van der Waals surface area contributed by atoms with Crippen LogP contribution in [0.25, 0.3) is 27.1 Å². The maximum Gasteiger partial charge on any atom is 0.187 e. The van der Waals surface area contributed by atoms with Gasteiger partial charge in [0.25, 0.3) is 0 Å². The summed E-state index contributed by atoms with van der Waals surface area (Å²) in [5.74, 6) is 0. The normalized spacial score (nSPS) is 10.3. The molecular formula is C15H8ClN3. The second kappa shape index (κ2) is 4.68. The van der Waals surface area contributed by atoms with Crippen LogP contribution in [0, 0.1) is 6.57 Å². The van der Waals surface area contributed by atoms with E-state index >= 15 is 0 Å². The van der Waals surface area contributed by atoms with Gasteiger partial charge in [0.05, 0.1) is 17.6 Å². The largest absolute Gasteiger partial charge is 0.243 e. The van der Waals surface area contributed by atoms with E-state index in [0.717, 1.165) is 16.6 Å². The summed E-state index contributed by atoms with van der Waals surface area (Å²) < 4.78 is 0. The molecule has 0 N–H and O–H groups in total. The summed E-state index contributed by atoms with van der Waals surface area (Å²) in [6, 6.07) is 14.7. The standard InChI is InChI=1S/C15H8ClN3/c1-17-11-8-6-10(7-9-11)14-15(16)19-13-5-3-2-4-12(13)18-14/h2-9H. The fraction of sp³-hybridized carbons (Fsp3) is 0. The first kappa shape index (κ1) is 11.6. The van der Waals surface area contributed by atoms with Gasteiger partial charge in [0.2, 0.25) is 0 Å². The van der Waals surface area contributed by atoms with Gasteiger partial charge >= 0.3 is 0 Å². The van der Waals surface area contributed by atoms with Crippen LogP contribution in [0.1, 0.15) is 0 Å². The zero-order valence-electron chi connectivity index (χ0n) is 9.84. The first-order chi connectivity index (χ1) is 9.28. The first-order valence-electron chi connectivity index (χ1n) is 5.68. The number of halogens is 1. The van der Waals surface area contributed by atoms with Gasteiger partial charge in [0.1, 0.15) is 5.69 Å². The highest BCUT2D eigenvalue weighted by Gasteiger charge is 2.08. The Hall–Kier alpha value is -2.44. The monoisotopic (exact) mass is 265 g/mol. The minimum absolute atomic E-state index is 0.370. The zero-order chi connectivity index (χ0) is 13.2. The lowest BCUT2D eigenvalue weighted by atomic mass is 10.1. The fourth-order valence-electron chi connectivity index (χ4n) is 1.86. The maximum atomic E-state index is 6.94. The second-order valence-electron chi connectivity index (χ2n) is 4.01. The molecule has 4 heteroatoms. The van der Waals surface area contributed by atoms with Crippen LogP contribution in [0.2, 0.25) is 5.15 Å². The molecule has 0 bridgehead atoms. The van der Waals surface area contributed by atoms with E-state index in [1.807, 2.05) is 36.4 Å². The summed E-state index contributed by atoms with van der Waals surface area (Å²) >= 11 is 6.18. The Bertz CT molecular complexity index is 789. The topological polar surface area (TPSA) is 30.1 Å². The van der Waals surface area contributed by atoms with Gasteiger partial charge in [0, 0.05) is 5.56 Å². The molecule has 3 nitrogen and oxygen atoms in total. The molecule has 1 heterocycles. The number of rotatable bonds is 1. The maximum absolute atomic E-state index is 6.94. The summed E-state index contributed by atoms with van der Waals surface area (Å²) in [5.41, 5.74) is 3.66. The fourth-order valence-corrected chi connectivity index (χ4v) is 2.10. The lowest BCUT2D eigenvalue weighted by Crippen LogP contribution is -1.90. The molecule has 2 aromatic carbocycles. The highest BCUT2D eigenvalue weighted by Crippen LogP contribution is 2.28. The summed E-state index contributed by atoms with van der Waals surface area (Å²) in [4.78, 5) is 12.2. The average Bonchev–Trinajstić information content (AvgIpc) is 2.47. The van der Waals surface area contributed by atoms with E-state index in [1.165, 1.54) is 0 Å². The van der Waals surface area contributed by atoms with Gasteiger partial charge in [-0.1, -0.05) is 48.0 Å². The van der Waals surface area contributed by atoms with Gasteiger partial charge in [-0.05, 0) is 12.1 Å². The molecule has 0 amide bonds. The molecule has 0 spiro atoms. The predicted octanol–water partition coefficient (Wildman–Crippen LogP) is 4.50. The van der Waals surface area contributed by atoms with Crippen LogP contribution in [-0.2, 0) is 0 Å². The van der Waals surface area contributed by atoms with Crippen LogP contribution in [0.5, 0.6) is 0 Å². The van der Waals surface area contributed by atoms with Crippen molar-refractivity contribution < 1.29 is 0 Å². The van der Waals surface area contributed by atoms with E-state index in [-0.39, 0.29) is 0 Å². The van der Waals surface area contributed by atoms with Crippen molar-refractivity contribution in [1.82, 2.24) is 9.97 Å². The molecule has 0 aliphatic carbocycles. The van der Waals surface area contributed by atoms with Crippen LogP contribution >= 0.6 is 11.6 Å². The second-order valence-corrected chi connectivity index (χ2v) is 4.37. The molecule has 90 valence electrons. The molecule has 0 saturated carbocycles. The lowest BCUT2D eigenvalue weighted by Gasteiger charge is -2.05. The number of para-hydroxylation sites is 2. The third-order valence-electron chi connectivity index (χ3n) is 2.80. The molecule has 3 rings (SSSR count). The third kappa shape index (κ3) is 2.14. The molecule has 0 saturated heterocycles. The van der Waals surface area contributed by atoms with E-state index in [0.29, 0.717) is 16.5 Å². The summed E-state index contributed by atoms with van der Waals surface area (Å²) in [6.45, 7) is 6.94. The van der Waals surface area contributed by atoms with Crippen LogP contribution < -0.4 is 0 Å². The van der Waals surface area contributed by atoms with Crippen molar-refractivity contribution in [2.75, 3.05) is 0 Å². The van der Waals surface area contributed by atoms with E-state index in [9.17, 15) is 0 Å². The molecule has 0 atom stereocenters. The average molecular weight is 266 g/mol. The van der Waals surface area contributed by atoms with Crippen molar-refractivity contribution in [2.45, 2.75) is 0 Å². The molecule has 19 heavy (non-hydrogen) atoms. The van der Waals surface area contributed by atoms with Crippen molar-refractivity contribution in [3.63, 3.8) is 0 Å². The number of hydrogen-bond acceptors (Lipinski definition) is 2. The van der Waals surface area contributed by atoms with E-state index in [2.05, 4.69) is 14.8 Å². The number of hydrogen-bond donors (Lipinski definition) is 0. The number of aromatic nitrogens is 2. The van der Waals surface area contributed by atoms with Crippen molar-refractivity contribution in [3.8, 4) is 11.3 Å². The van der Waals surface area contributed by atoms with Gasteiger partial charge < -0.3 is 0 Å². The lowest BCUT2D eigenvalue weighted by molar-refractivity contribution is 1.29. The highest BCUT2D eigenvalue weighted by atomic mass is 35.5. The van der Waals surface area contributed by atoms with Crippen molar-refractivity contribution >= 4 is 28.3 Å². The van der Waals surface area contributed by atoms with Crippen LogP contribution in [0.4, 0.5) is 5.69 Å². The number of fused-ring (bicyclic) bond motifs is 1. The summed E-state index contributed by atoms with van der Waals surface area (Å²) in [7, 11) is 0. The van der Waals surface area contributed by atoms with Gasteiger partial charge in [-0.15, -0.1) is 0 Å². The number of benzene rings is 2. The summed E-state index contributed by atoms with van der Waals surface area (Å²) in [6.07, 6.45) is 0. The summed E-state index contributed by atoms with van der Waals surface area (Å²) in [5, 5.41) is 0.370. The minimum Gasteiger partial charge on any atom is -0.243 e. The quantitative estimate of drug-likeness (QED) is 0.606. The molecule has 0 unspecified atom stereocenters. The Balaban J connectivity index is 2.18. The predicted molar refractivity (Wildman–Crippen MR) is 76.2 cm³/mol. The Labute approximate surface area is 115 Å². The Kier molecular flexibility index (Phi) is 2.86. The van der Waals surface area contributed by atoms with E-state index in [4.69, 9.17) is 18.2 Å². The van der Waals surface area contributed by atoms with Crippen LogP contribution in [-0.4, -0.2) is 9.97 Å². The first-order valence-corrected chi connectivity index (χ1v) is 6.06. The smallest absolute Gasteiger partial charge is 0.187 e. The van der Waals surface area contributed by atoms with Crippen molar-refractivity contribution in [1.29, 1.82) is 0 Å². The third-order valence-corrected chi connectivity index (χ3v) is 3.06. The van der Waals surface area contributed by atoms with Crippen molar-refractivity contribution in [3.05, 3.63) is 65.1 Å². The molecule has 0 aliphatic heterocycles. The van der Waals surface area contributed by atoms with E-state index < -0.39 is 0 Å². The van der Waals surface area contributed by atoms with Gasteiger partial charge in [0.15, 0.2) is 10.8 Å². The van der Waals surface area contributed by atoms with Gasteiger partial charge in [-0.2, -0.15) is 0 Å². The molecule has 0 radical (unpaired) electrons. The minimum atomic E-state index is 0.370. The SMILES string of the molecule is [C-]#[N+]c1ccc(-c2nc3ccccc3nc2Cl)cc1.